The van der Waals surface area contributed by atoms with E-state index < -0.39 is 0 Å². The minimum absolute atomic E-state index is 0.655. The highest BCUT2D eigenvalue weighted by molar-refractivity contribution is 5.70. The molecule has 0 heteroatoms. The predicted octanol–water partition coefficient (Wildman–Crippen LogP) is 4.23. The number of benzene rings is 1. The molecular formula is C15H18. The van der Waals surface area contributed by atoms with Crippen molar-refractivity contribution in [3.63, 3.8) is 0 Å². The minimum Gasteiger partial charge on any atom is -0.0839 e. The lowest BCUT2D eigenvalue weighted by Crippen LogP contribution is -2.00. The molecule has 0 radical (unpaired) electrons. The first kappa shape index (κ1) is 10.2. The molecule has 0 saturated carbocycles. The molecule has 78 valence electrons. The van der Waals surface area contributed by atoms with Crippen LogP contribution >= 0.6 is 0 Å². The Hall–Kier alpha value is -1.30. The Morgan fingerprint density at radius 1 is 1.33 bits per heavy atom. The van der Waals surface area contributed by atoms with E-state index in [1.165, 1.54) is 23.1 Å². The van der Waals surface area contributed by atoms with Crippen LogP contribution in [0.25, 0.3) is 5.57 Å². The van der Waals surface area contributed by atoms with Gasteiger partial charge in [-0.05, 0) is 35.5 Å². The van der Waals surface area contributed by atoms with Crippen molar-refractivity contribution in [2.24, 2.45) is 5.92 Å². The zero-order valence-corrected chi connectivity index (χ0v) is 9.53. The van der Waals surface area contributed by atoms with Crippen molar-refractivity contribution in [2.75, 3.05) is 0 Å². The Bertz CT molecular complexity index is 396. The van der Waals surface area contributed by atoms with Crippen molar-refractivity contribution in [1.82, 2.24) is 0 Å². The second-order valence-electron chi connectivity index (χ2n) is 4.24. The fraction of sp³-hybridized carbons (Fsp3) is 0.333. The SMILES string of the molecule is CCc1cccc(C2=CC=CCC2C)c1. The predicted molar refractivity (Wildman–Crippen MR) is 66.7 cm³/mol. The van der Waals surface area contributed by atoms with Gasteiger partial charge in [-0.2, -0.15) is 0 Å². The van der Waals surface area contributed by atoms with Crippen molar-refractivity contribution < 1.29 is 0 Å². The summed E-state index contributed by atoms with van der Waals surface area (Å²) < 4.78 is 0. The lowest BCUT2D eigenvalue weighted by atomic mass is 9.87. The lowest BCUT2D eigenvalue weighted by Gasteiger charge is -2.17. The Morgan fingerprint density at radius 3 is 2.93 bits per heavy atom. The van der Waals surface area contributed by atoms with Crippen molar-refractivity contribution in [2.45, 2.75) is 26.7 Å². The molecule has 0 fully saturated rings. The molecule has 0 nitrogen and oxygen atoms in total. The molecular weight excluding hydrogens is 180 g/mol. The Kier molecular flexibility index (Phi) is 3.05. The highest BCUT2D eigenvalue weighted by Gasteiger charge is 2.11. The largest absolute Gasteiger partial charge is 0.0839 e. The summed E-state index contributed by atoms with van der Waals surface area (Å²) in [5.74, 6) is 0.655. The van der Waals surface area contributed by atoms with E-state index in [0.29, 0.717) is 5.92 Å². The van der Waals surface area contributed by atoms with Gasteiger partial charge in [0, 0.05) is 0 Å². The fourth-order valence-electron chi connectivity index (χ4n) is 2.10. The second-order valence-corrected chi connectivity index (χ2v) is 4.24. The normalized spacial score (nSPS) is 20.1. The van der Waals surface area contributed by atoms with Crippen LogP contribution in [0.1, 0.15) is 31.4 Å². The van der Waals surface area contributed by atoms with Crippen LogP contribution < -0.4 is 0 Å². The molecule has 1 atom stereocenters. The summed E-state index contributed by atoms with van der Waals surface area (Å²) in [5.41, 5.74) is 4.30. The van der Waals surface area contributed by atoms with Gasteiger partial charge in [-0.1, -0.05) is 56.3 Å². The molecule has 0 aromatic heterocycles. The van der Waals surface area contributed by atoms with Gasteiger partial charge < -0.3 is 0 Å². The molecule has 1 aromatic rings. The van der Waals surface area contributed by atoms with Crippen molar-refractivity contribution in [3.05, 3.63) is 53.6 Å². The van der Waals surface area contributed by atoms with Crippen LogP contribution in [-0.2, 0) is 6.42 Å². The van der Waals surface area contributed by atoms with E-state index in [0.717, 1.165) is 6.42 Å². The highest BCUT2D eigenvalue weighted by atomic mass is 14.2. The van der Waals surface area contributed by atoms with E-state index in [-0.39, 0.29) is 0 Å². The molecule has 15 heavy (non-hydrogen) atoms. The monoisotopic (exact) mass is 198 g/mol. The third-order valence-corrected chi connectivity index (χ3v) is 3.10. The van der Waals surface area contributed by atoms with Crippen molar-refractivity contribution >= 4 is 5.57 Å². The number of rotatable bonds is 2. The van der Waals surface area contributed by atoms with Crippen LogP contribution in [0.5, 0.6) is 0 Å². The zero-order valence-electron chi connectivity index (χ0n) is 9.53. The van der Waals surface area contributed by atoms with Gasteiger partial charge in [0.15, 0.2) is 0 Å². The number of hydrogen-bond acceptors (Lipinski definition) is 0. The third kappa shape index (κ3) is 2.20. The molecule has 0 aliphatic heterocycles. The average molecular weight is 198 g/mol. The molecule has 1 aromatic carbocycles. The maximum Gasteiger partial charge on any atom is -0.0150 e. The number of allylic oxidation sites excluding steroid dienone is 4. The Labute approximate surface area is 92.3 Å². The van der Waals surface area contributed by atoms with Gasteiger partial charge in [-0.25, -0.2) is 0 Å². The lowest BCUT2D eigenvalue weighted by molar-refractivity contribution is 0.758. The van der Waals surface area contributed by atoms with Crippen LogP contribution in [0.15, 0.2) is 42.5 Å². The smallest absolute Gasteiger partial charge is 0.0150 e. The second kappa shape index (κ2) is 4.48. The molecule has 2 rings (SSSR count). The highest BCUT2D eigenvalue weighted by Crippen LogP contribution is 2.29. The average Bonchev–Trinajstić information content (AvgIpc) is 2.30. The van der Waals surface area contributed by atoms with E-state index in [1.807, 2.05) is 0 Å². The third-order valence-electron chi connectivity index (χ3n) is 3.10. The maximum atomic E-state index is 2.32. The number of aryl methyl sites for hydroxylation is 1. The summed E-state index contributed by atoms with van der Waals surface area (Å²) in [7, 11) is 0. The van der Waals surface area contributed by atoms with E-state index in [2.05, 4.69) is 56.3 Å². The van der Waals surface area contributed by atoms with Crippen molar-refractivity contribution in [3.8, 4) is 0 Å². The molecule has 0 heterocycles. The summed E-state index contributed by atoms with van der Waals surface area (Å²) in [6, 6.07) is 8.91. The summed E-state index contributed by atoms with van der Waals surface area (Å²) in [5, 5.41) is 0. The van der Waals surface area contributed by atoms with E-state index in [1.54, 1.807) is 0 Å². The molecule has 1 unspecified atom stereocenters. The molecule has 0 N–H and O–H groups in total. The van der Waals surface area contributed by atoms with Gasteiger partial charge in [0.05, 0.1) is 0 Å². The maximum absolute atomic E-state index is 2.32. The van der Waals surface area contributed by atoms with Gasteiger partial charge in [-0.15, -0.1) is 0 Å². The Morgan fingerprint density at radius 2 is 2.20 bits per heavy atom. The molecule has 1 aliphatic rings. The molecule has 0 spiro atoms. The zero-order chi connectivity index (χ0) is 10.7. The van der Waals surface area contributed by atoms with Crippen LogP contribution in [0.2, 0.25) is 0 Å². The molecule has 0 bridgehead atoms. The molecule has 0 saturated heterocycles. The van der Waals surface area contributed by atoms with Gasteiger partial charge in [0.2, 0.25) is 0 Å². The van der Waals surface area contributed by atoms with E-state index >= 15 is 0 Å². The topological polar surface area (TPSA) is 0 Å². The minimum atomic E-state index is 0.655. The summed E-state index contributed by atoms with van der Waals surface area (Å²) in [6.45, 7) is 4.51. The standard InChI is InChI=1S/C15H18/c1-3-13-8-6-9-14(11-13)15-10-5-4-7-12(15)2/h4-6,8-12H,3,7H2,1-2H3. The van der Waals surface area contributed by atoms with Crippen LogP contribution in [0.4, 0.5) is 0 Å². The molecule has 1 aliphatic carbocycles. The summed E-state index contributed by atoms with van der Waals surface area (Å²) in [6.07, 6.45) is 8.96. The van der Waals surface area contributed by atoms with Crippen LogP contribution in [-0.4, -0.2) is 0 Å². The summed E-state index contributed by atoms with van der Waals surface area (Å²) in [4.78, 5) is 0. The Balaban J connectivity index is 2.35. The van der Waals surface area contributed by atoms with E-state index in [4.69, 9.17) is 0 Å². The van der Waals surface area contributed by atoms with Gasteiger partial charge in [0.25, 0.3) is 0 Å². The first-order chi connectivity index (χ1) is 7.31. The molecule has 0 amide bonds. The van der Waals surface area contributed by atoms with Gasteiger partial charge >= 0.3 is 0 Å². The van der Waals surface area contributed by atoms with Crippen LogP contribution in [0, 0.1) is 5.92 Å². The van der Waals surface area contributed by atoms with Crippen LogP contribution in [0.3, 0.4) is 0 Å². The first-order valence-electron chi connectivity index (χ1n) is 5.77. The van der Waals surface area contributed by atoms with Gasteiger partial charge in [-0.3, -0.25) is 0 Å². The van der Waals surface area contributed by atoms with Crippen molar-refractivity contribution in [1.29, 1.82) is 0 Å². The van der Waals surface area contributed by atoms with Gasteiger partial charge in [0.1, 0.15) is 0 Å². The number of hydrogen-bond donors (Lipinski definition) is 0. The first-order valence-corrected chi connectivity index (χ1v) is 5.77. The summed E-state index contributed by atoms with van der Waals surface area (Å²) >= 11 is 0. The fourth-order valence-corrected chi connectivity index (χ4v) is 2.10. The van der Waals surface area contributed by atoms with E-state index in [9.17, 15) is 0 Å². The quantitative estimate of drug-likeness (QED) is 0.667.